The van der Waals surface area contributed by atoms with Crippen LogP contribution >= 0.6 is 23.5 Å². The first-order valence-electron chi connectivity index (χ1n) is 6.98. The first-order valence-corrected chi connectivity index (χ1v) is 9.65. The first kappa shape index (κ1) is 16.1. The standard InChI is InChI=1S/C18H14ClNOS2/c19-17-13-7-8-14-18(17)22-20-23(21,15-9-3-1-4-10-15)16-11-5-2-6-12-16/h1-14H. The van der Waals surface area contributed by atoms with E-state index in [0.717, 1.165) is 16.8 Å². The lowest BCUT2D eigenvalue weighted by atomic mass is 10.4. The molecule has 116 valence electrons. The summed E-state index contributed by atoms with van der Waals surface area (Å²) in [6, 6.07) is 26.0. The van der Waals surface area contributed by atoms with Crippen LogP contribution in [-0.2, 0) is 9.73 Å². The lowest BCUT2D eigenvalue weighted by Crippen LogP contribution is -2.00. The predicted octanol–water partition coefficient (Wildman–Crippen LogP) is 5.93. The number of halogens is 1. The van der Waals surface area contributed by atoms with Crippen molar-refractivity contribution >= 4 is 33.3 Å². The van der Waals surface area contributed by atoms with Crippen LogP contribution in [0.5, 0.6) is 0 Å². The Morgan fingerprint density at radius 2 is 1.22 bits per heavy atom. The molecule has 0 fully saturated rings. The molecule has 0 aliphatic carbocycles. The highest BCUT2D eigenvalue weighted by Gasteiger charge is 2.16. The maximum Gasteiger partial charge on any atom is 0.115 e. The third kappa shape index (κ3) is 3.61. The second kappa shape index (κ2) is 7.21. The molecule has 0 N–H and O–H groups in total. The van der Waals surface area contributed by atoms with E-state index in [2.05, 4.69) is 3.77 Å². The SMILES string of the molecule is O=S(=NSc1ccccc1Cl)(c1ccccc1)c1ccccc1. The van der Waals surface area contributed by atoms with Gasteiger partial charge in [-0.3, -0.25) is 0 Å². The van der Waals surface area contributed by atoms with Crippen LogP contribution in [0.2, 0.25) is 5.02 Å². The van der Waals surface area contributed by atoms with Gasteiger partial charge in [-0.15, -0.1) is 0 Å². The molecule has 3 aromatic rings. The Labute approximate surface area is 145 Å². The van der Waals surface area contributed by atoms with Gasteiger partial charge in [0.1, 0.15) is 9.73 Å². The van der Waals surface area contributed by atoms with Crippen molar-refractivity contribution in [1.82, 2.24) is 0 Å². The zero-order valence-electron chi connectivity index (χ0n) is 12.1. The number of hydrogen-bond acceptors (Lipinski definition) is 3. The molecule has 0 aliphatic rings. The maximum atomic E-state index is 13.6. The minimum Gasteiger partial charge on any atom is -0.239 e. The van der Waals surface area contributed by atoms with E-state index < -0.39 is 9.73 Å². The van der Waals surface area contributed by atoms with Gasteiger partial charge in [0, 0.05) is 16.8 Å². The molecule has 0 spiro atoms. The van der Waals surface area contributed by atoms with Crippen molar-refractivity contribution in [3.05, 3.63) is 90.0 Å². The smallest absolute Gasteiger partial charge is 0.115 e. The summed E-state index contributed by atoms with van der Waals surface area (Å²) in [5, 5.41) is 0.601. The molecular formula is C18H14ClNOS2. The van der Waals surface area contributed by atoms with Gasteiger partial charge >= 0.3 is 0 Å². The fourth-order valence-corrected chi connectivity index (χ4v) is 5.33. The molecule has 0 amide bonds. The van der Waals surface area contributed by atoms with Crippen LogP contribution in [0.25, 0.3) is 0 Å². The van der Waals surface area contributed by atoms with E-state index >= 15 is 0 Å². The number of nitrogens with zero attached hydrogens (tertiary/aromatic N) is 1. The van der Waals surface area contributed by atoms with Gasteiger partial charge in [-0.05, 0) is 36.4 Å². The molecule has 3 aromatic carbocycles. The monoisotopic (exact) mass is 359 g/mol. The second-order valence-electron chi connectivity index (χ2n) is 4.75. The van der Waals surface area contributed by atoms with Crippen molar-refractivity contribution in [2.45, 2.75) is 14.7 Å². The van der Waals surface area contributed by atoms with Crippen LogP contribution in [-0.4, -0.2) is 4.21 Å². The normalized spacial score (nSPS) is 11.2. The van der Waals surface area contributed by atoms with Gasteiger partial charge in [0.05, 0.1) is 14.8 Å². The van der Waals surface area contributed by atoms with Crippen molar-refractivity contribution in [1.29, 1.82) is 0 Å². The Morgan fingerprint density at radius 3 is 1.74 bits per heavy atom. The second-order valence-corrected chi connectivity index (χ2v) is 8.37. The first-order chi connectivity index (χ1) is 11.2. The average Bonchev–Trinajstić information content (AvgIpc) is 2.62. The van der Waals surface area contributed by atoms with Gasteiger partial charge in [-0.1, -0.05) is 60.1 Å². The number of hydrogen-bond donors (Lipinski definition) is 0. The van der Waals surface area contributed by atoms with Crippen LogP contribution < -0.4 is 0 Å². The summed E-state index contributed by atoms with van der Waals surface area (Å²) in [7, 11) is -2.73. The van der Waals surface area contributed by atoms with Gasteiger partial charge in [-0.2, -0.15) is 3.77 Å². The summed E-state index contributed by atoms with van der Waals surface area (Å²) < 4.78 is 18.1. The summed E-state index contributed by atoms with van der Waals surface area (Å²) in [5.74, 6) is 0. The summed E-state index contributed by atoms with van der Waals surface area (Å²) in [6.45, 7) is 0. The summed E-state index contributed by atoms with van der Waals surface area (Å²) in [6.07, 6.45) is 0. The van der Waals surface area contributed by atoms with E-state index in [-0.39, 0.29) is 0 Å². The molecule has 0 saturated carbocycles. The molecule has 3 rings (SSSR count). The topological polar surface area (TPSA) is 29.4 Å². The van der Waals surface area contributed by atoms with Crippen molar-refractivity contribution < 1.29 is 4.21 Å². The van der Waals surface area contributed by atoms with Crippen LogP contribution in [0.3, 0.4) is 0 Å². The Hall–Kier alpha value is -1.75. The molecular weight excluding hydrogens is 346 g/mol. The van der Waals surface area contributed by atoms with Crippen LogP contribution in [0, 0.1) is 0 Å². The highest BCUT2D eigenvalue weighted by Crippen LogP contribution is 2.32. The summed E-state index contributed by atoms with van der Waals surface area (Å²) in [5.41, 5.74) is 0. The lowest BCUT2D eigenvalue weighted by Gasteiger charge is -2.10. The highest BCUT2D eigenvalue weighted by molar-refractivity contribution is 8.07. The molecule has 0 saturated heterocycles. The van der Waals surface area contributed by atoms with Crippen molar-refractivity contribution in [2.24, 2.45) is 3.77 Å². The predicted molar refractivity (Wildman–Crippen MR) is 97.3 cm³/mol. The highest BCUT2D eigenvalue weighted by atomic mass is 35.5. The van der Waals surface area contributed by atoms with Crippen molar-refractivity contribution in [3.8, 4) is 0 Å². The Morgan fingerprint density at radius 1 is 0.739 bits per heavy atom. The van der Waals surface area contributed by atoms with Gasteiger partial charge in [0.25, 0.3) is 0 Å². The molecule has 0 aromatic heterocycles. The summed E-state index contributed by atoms with van der Waals surface area (Å²) in [4.78, 5) is 2.16. The van der Waals surface area contributed by atoms with Gasteiger partial charge in [0.2, 0.25) is 0 Å². The molecule has 2 nitrogen and oxygen atoms in total. The van der Waals surface area contributed by atoms with E-state index in [1.165, 1.54) is 0 Å². The molecule has 5 heteroatoms. The van der Waals surface area contributed by atoms with E-state index in [9.17, 15) is 4.21 Å². The summed E-state index contributed by atoms with van der Waals surface area (Å²) >= 11 is 7.33. The number of rotatable bonds is 4. The minimum absolute atomic E-state index is 0.601. The number of benzene rings is 3. The third-order valence-corrected chi connectivity index (χ3v) is 7.16. The molecule has 23 heavy (non-hydrogen) atoms. The van der Waals surface area contributed by atoms with Crippen LogP contribution in [0.1, 0.15) is 0 Å². The fraction of sp³-hybridized carbons (Fsp3) is 0. The van der Waals surface area contributed by atoms with Crippen molar-refractivity contribution in [3.63, 3.8) is 0 Å². The molecule has 0 heterocycles. The Bertz CT molecular complexity index is 859. The van der Waals surface area contributed by atoms with E-state index in [1.54, 1.807) is 6.07 Å². The van der Waals surface area contributed by atoms with Crippen LogP contribution in [0.4, 0.5) is 0 Å². The molecule has 0 aliphatic heterocycles. The molecule has 0 radical (unpaired) electrons. The van der Waals surface area contributed by atoms with Gasteiger partial charge in [-0.25, -0.2) is 4.21 Å². The van der Waals surface area contributed by atoms with Gasteiger partial charge < -0.3 is 0 Å². The zero-order chi connectivity index (χ0) is 16.1. The van der Waals surface area contributed by atoms with Gasteiger partial charge in [0.15, 0.2) is 0 Å². The Balaban J connectivity index is 2.12. The Kier molecular flexibility index (Phi) is 5.06. The fourth-order valence-electron chi connectivity index (χ4n) is 2.04. The zero-order valence-corrected chi connectivity index (χ0v) is 14.5. The molecule has 0 unspecified atom stereocenters. The largest absolute Gasteiger partial charge is 0.239 e. The molecule has 0 atom stereocenters. The van der Waals surface area contributed by atoms with Crippen LogP contribution in [0.15, 0.2) is 103 Å². The lowest BCUT2D eigenvalue weighted by molar-refractivity contribution is 0.677. The van der Waals surface area contributed by atoms with Crippen molar-refractivity contribution in [2.75, 3.05) is 0 Å². The minimum atomic E-state index is -2.73. The average molecular weight is 360 g/mol. The van der Waals surface area contributed by atoms with E-state index in [0.29, 0.717) is 14.8 Å². The van der Waals surface area contributed by atoms with E-state index in [1.807, 2.05) is 78.9 Å². The third-order valence-electron chi connectivity index (χ3n) is 3.20. The molecule has 0 bridgehead atoms. The van der Waals surface area contributed by atoms with E-state index in [4.69, 9.17) is 11.6 Å². The quantitative estimate of drug-likeness (QED) is 0.540. The maximum absolute atomic E-state index is 13.6.